The Morgan fingerprint density at radius 2 is 1.27 bits per heavy atom. The molecule has 188 valence electrons. The topological polar surface area (TPSA) is 18.5 Å². The third-order valence-corrected chi connectivity index (χ3v) is 8.57. The Morgan fingerprint density at radius 3 is 1.97 bits per heavy atom. The smallest absolute Gasteiger partial charge is 0.119 e. The molecule has 0 bridgehead atoms. The van der Waals surface area contributed by atoms with Gasteiger partial charge in [-0.25, -0.2) is 0 Å². The SMILES string of the molecule is CCCCCCCC1CCC(COc2ccc(OCCCC3CCCCC3CC)cc2)CC1. The molecule has 1 aromatic rings. The first-order chi connectivity index (χ1) is 16.3. The van der Waals surface area contributed by atoms with Gasteiger partial charge in [-0.05, 0) is 73.6 Å². The molecule has 2 aliphatic rings. The number of benzene rings is 1. The van der Waals surface area contributed by atoms with E-state index in [1.165, 1.54) is 109 Å². The van der Waals surface area contributed by atoms with E-state index in [0.717, 1.165) is 48.4 Å². The van der Waals surface area contributed by atoms with Gasteiger partial charge in [0.25, 0.3) is 0 Å². The molecular weight excluding hydrogens is 404 g/mol. The van der Waals surface area contributed by atoms with E-state index in [-0.39, 0.29) is 0 Å². The van der Waals surface area contributed by atoms with Crippen molar-refractivity contribution in [3.05, 3.63) is 24.3 Å². The second-order valence-corrected chi connectivity index (χ2v) is 11.1. The highest BCUT2D eigenvalue weighted by Crippen LogP contribution is 2.35. The number of hydrogen-bond donors (Lipinski definition) is 0. The van der Waals surface area contributed by atoms with Crippen LogP contribution in [0.3, 0.4) is 0 Å². The first-order valence-corrected chi connectivity index (χ1v) is 14.6. The highest BCUT2D eigenvalue weighted by Gasteiger charge is 2.23. The van der Waals surface area contributed by atoms with Gasteiger partial charge in [-0.3, -0.25) is 0 Å². The van der Waals surface area contributed by atoms with Crippen molar-refractivity contribution in [3.8, 4) is 11.5 Å². The van der Waals surface area contributed by atoms with Crippen molar-refractivity contribution in [1.29, 1.82) is 0 Å². The fraction of sp³-hybridized carbons (Fsp3) is 0.806. The molecule has 0 N–H and O–H groups in total. The quantitative estimate of drug-likeness (QED) is 0.245. The van der Waals surface area contributed by atoms with Gasteiger partial charge in [0.15, 0.2) is 0 Å². The fourth-order valence-corrected chi connectivity index (χ4v) is 6.31. The lowest BCUT2D eigenvalue weighted by molar-refractivity contribution is 0.177. The molecule has 2 unspecified atom stereocenters. The number of hydrogen-bond acceptors (Lipinski definition) is 2. The summed E-state index contributed by atoms with van der Waals surface area (Å²) in [5.41, 5.74) is 0. The summed E-state index contributed by atoms with van der Waals surface area (Å²) >= 11 is 0. The van der Waals surface area contributed by atoms with Crippen LogP contribution in [0.15, 0.2) is 24.3 Å². The third-order valence-electron chi connectivity index (χ3n) is 8.57. The predicted octanol–water partition coefficient (Wildman–Crippen LogP) is 9.61. The highest BCUT2D eigenvalue weighted by atomic mass is 16.5. The van der Waals surface area contributed by atoms with E-state index in [2.05, 4.69) is 38.1 Å². The monoisotopic (exact) mass is 456 g/mol. The maximum absolute atomic E-state index is 6.13. The molecule has 0 saturated heterocycles. The van der Waals surface area contributed by atoms with Gasteiger partial charge in [-0.1, -0.05) is 97.3 Å². The molecule has 2 saturated carbocycles. The van der Waals surface area contributed by atoms with Crippen LogP contribution in [0.25, 0.3) is 0 Å². The second kappa shape index (κ2) is 15.7. The van der Waals surface area contributed by atoms with Crippen LogP contribution in [-0.2, 0) is 0 Å². The highest BCUT2D eigenvalue weighted by molar-refractivity contribution is 5.31. The maximum Gasteiger partial charge on any atom is 0.119 e. The van der Waals surface area contributed by atoms with Gasteiger partial charge in [0.1, 0.15) is 11.5 Å². The summed E-state index contributed by atoms with van der Waals surface area (Å²) < 4.78 is 12.2. The summed E-state index contributed by atoms with van der Waals surface area (Å²) in [6.45, 7) is 6.38. The molecule has 0 aliphatic heterocycles. The standard InChI is InChI=1S/C31H52O2/c1-3-5-6-7-8-12-26-16-18-27(19-17-26)25-33-31-22-20-30(21-23-31)32-24-11-15-29-14-10-9-13-28(29)4-2/h20-23,26-29H,3-19,24-25H2,1-2H3. The lowest BCUT2D eigenvalue weighted by atomic mass is 9.76. The van der Waals surface area contributed by atoms with Crippen molar-refractivity contribution in [1.82, 2.24) is 0 Å². The summed E-state index contributed by atoms with van der Waals surface area (Å²) in [5.74, 6) is 5.59. The molecule has 2 fully saturated rings. The Hall–Kier alpha value is -1.18. The van der Waals surface area contributed by atoms with Gasteiger partial charge < -0.3 is 9.47 Å². The van der Waals surface area contributed by atoms with Crippen LogP contribution in [0.2, 0.25) is 0 Å². The normalized spacial score (nSPS) is 25.6. The maximum atomic E-state index is 6.13. The zero-order chi connectivity index (χ0) is 23.1. The molecule has 0 spiro atoms. The van der Waals surface area contributed by atoms with E-state index < -0.39 is 0 Å². The molecule has 1 aromatic carbocycles. The van der Waals surface area contributed by atoms with Crippen molar-refractivity contribution in [2.75, 3.05) is 13.2 Å². The molecule has 0 aromatic heterocycles. The van der Waals surface area contributed by atoms with E-state index >= 15 is 0 Å². The summed E-state index contributed by atoms with van der Waals surface area (Å²) in [6.07, 6.45) is 23.7. The summed E-state index contributed by atoms with van der Waals surface area (Å²) in [6, 6.07) is 8.34. The van der Waals surface area contributed by atoms with Crippen LogP contribution in [0.1, 0.15) is 123 Å². The Bertz CT molecular complexity index is 602. The molecule has 0 radical (unpaired) electrons. The molecule has 2 heteroatoms. The fourth-order valence-electron chi connectivity index (χ4n) is 6.31. The summed E-state index contributed by atoms with van der Waals surface area (Å²) in [7, 11) is 0. The zero-order valence-electron chi connectivity index (χ0n) is 21.9. The molecule has 0 amide bonds. The molecule has 2 atom stereocenters. The van der Waals surface area contributed by atoms with E-state index in [4.69, 9.17) is 9.47 Å². The molecule has 33 heavy (non-hydrogen) atoms. The Balaban J connectivity index is 1.24. The van der Waals surface area contributed by atoms with Gasteiger partial charge in [0.05, 0.1) is 13.2 Å². The lowest BCUT2D eigenvalue weighted by Gasteiger charge is -2.30. The van der Waals surface area contributed by atoms with Gasteiger partial charge in [0, 0.05) is 0 Å². The van der Waals surface area contributed by atoms with E-state index in [9.17, 15) is 0 Å². The molecular formula is C31H52O2. The van der Waals surface area contributed by atoms with Crippen LogP contribution in [0, 0.1) is 23.7 Å². The van der Waals surface area contributed by atoms with Crippen molar-refractivity contribution >= 4 is 0 Å². The van der Waals surface area contributed by atoms with Crippen molar-refractivity contribution in [3.63, 3.8) is 0 Å². The molecule has 3 rings (SSSR count). The molecule has 2 aliphatic carbocycles. The van der Waals surface area contributed by atoms with Gasteiger partial charge >= 0.3 is 0 Å². The van der Waals surface area contributed by atoms with Gasteiger partial charge in [-0.2, -0.15) is 0 Å². The Kier molecular flexibility index (Phi) is 12.5. The summed E-state index contributed by atoms with van der Waals surface area (Å²) in [5, 5.41) is 0. The van der Waals surface area contributed by atoms with Crippen LogP contribution in [0.4, 0.5) is 0 Å². The Morgan fingerprint density at radius 1 is 0.636 bits per heavy atom. The zero-order valence-corrected chi connectivity index (χ0v) is 21.9. The minimum Gasteiger partial charge on any atom is -0.494 e. The van der Waals surface area contributed by atoms with Crippen LogP contribution < -0.4 is 9.47 Å². The Labute approximate surface area is 205 Å². The lowest BCUT2D eigenvalue weighted by Crippen LogP contribution is -2.20. The first-order valence-electron chi connectivity index (χ1n) is 14.6. The van der Waals surface area contributed by atoms with E-state index in [0.29, 0.717) is 0 Å². The third kappa shape index (κ3) is 9.91. The van der Waals surface area contributed by atoms with Gasteiger partial charge in [0.2, 0.25) is 0 Å². The molecule has 0 heterocycles. The summed E-state index contributed by atoms with van der Waals surface area (Å²) in [4.78, 5) is 0. The van der Waals surface area contributed by atoms with Crippen LogP contribution >= 0.6 is 0 Å². The first kappa shape index (κ1) is 26.4. The minimum absolute atomic E-state index is 0.740. The number of unbranched alkanes of at least 4 members (excludes halogenated alkanes) is 4. The van der Waals surface area contributed by atoms with Gasteiger partial charge in [-0.15, -0.1) is 0 Å². The van der Waals surface area contributed by atoms with Crippen LogP contribution in [0.5, 0.6) is 11.5 Å². The largest absolute Gasteiger partial charge is 0.494 e. The van der Waals surface area contributed by atoms with Crippen molar-refractivity contribution in [2.45, 2.75) is 123 Å². The predicted molar refractivity (Wildman–Crippen MR) is 141 cm³/mol. The average Bonchev–Trinajstić information content (AvgIpc) is 2.87. The number of ether oxygens (including phenoxy) is 2. The van der Waals surface area contributed by atoms with Crippen molar-refractivity contribution in [2.24, 2.45) is 23.7 Å². The second-order valence-electron chi connectivity index (χ2n) is 11.1. The molecule has 2 nitrogen and oxygen atoms in total. The average molecular weight is 457 g/mol. The van der Waals surface area contributed by atoms with Crippen molar-refractivity contribution < 1.29 is 9.47 Å². The van der Waals surface area contributed by atoms with E-state index in [1.54, 1.807) is 0 Å². The minimum atomic E-state index is 0.740. The number of rotatable bonds is 15. The van der Waals surface area contributed by atoms with Crippen LogP contribution in [-0.4, -0.2) is 13.2 Å². The van der Waals surface area contributed by atoms with E-state index in [1.807, 2.05) is 0 Å².